The van der Waals surface area contributed by atoms with Crippen molar-refractivity contribution in [1.82, 2.24) is 5.32 Å². The van der Waals surface area contributed by atoms with E-state index in [0.29, 0.717) is 13.1 Å². The van der Waals surface area contributed by atoms with Crippen LogP contribution in [-0.2, 0) is 5.41 Å². The van der Waals surface area contributed by atoms with Gasteiger partial charge in [0, 0.05) is 24.2 Å². The van der Waals surface area contributed by atoms with Gasteiger partial charge in [-0.05, 0) is 44.4 Å². The van der Waals surface area contributed by atoms with Crippen LogP contribution < -0.4 is 10.2 Å². The molecule has 1 saturated carbocycles. The van der Waals surface area contributed by atoms with Gasteiger partial charge in [0.15, 0.2) is 0 Å². The Balaban J connectivity index is 1.65. The number of para-hydroxylation sites is 1. The van der Waals surface area contributed by atoms with Gasteiger partial charge in [-0.15, -0.1) is 0 Å². The van der Waals surface area contributed by atoms with E-state index >= 15 is 0 Å². The van der Waals surface area contributed by atoms with E-state index in [0.717, 1.165) is 18.5 Å². The molecule has 23 heavy (non-hydrogen) atoms. The summed E-state index contributed by atoms with van der Waals surface area (Å²) >= 11 is 0. The normalized spacial score (nSPS) is 15.0. The third kappa shape index (κ3) is 3.39. The van der Waals surface area contributed by atoms with E-state index < -0.39 is 0 Å². The van der Waals surface area contributed by atoms with E-state index in [1.165, 1.54) is 11.1 Å². The predicted octanol–water partition coefficient (Wildman–Crippen LogP) is 4.26. The van der Waals surface area contributed by atoms with Crippen LogP contribution >= 0.6 is 0 Å². The van der Waals surface area contributed by atoms with Gasteiger partial charge in [-0.3, -0.25) is 4.90 Å². The van der Waals surface area contributed by atoms with Gasteiger partial charge in [-0.2, -0.15) is 0 Å². The lowest BCUT2D eigenvalue weighted by Gasteiger charge is -2.24. The van der Waals surface area contributed by atoms with E-state index in [1.54, 1.807) is 4.90 Å². The van der Waals surface area contributed by atoms with Crippen molar-refractivity contribution in [3.05, 3.63) is 65.7 Å². The third-order valence-corrected chi connectivity index (χ3v) is 4.72. The van der Waals surface area contributed by atoms with Gasteiger partial charge in [0.1, 0.15) is 0 Å². The van der Waals surface area contributed by atoms with Crippen molar-refractivity contribution in [3.63, 3.8) is 0 Å². The summed E-state index contributed by atoms with van der Waals surface area (Å²) < 4.78 is 0. The Morgan fingerprint density at radius 2 is 1.74 bits per heavy atom. The van der Waals surface area contributed by atoms with E-state index in [9.17, 15) is 4.79 Å². The summed E-state index contributed by atoms with van der Waals surface area (Å²) in [6.45, 7) is 5.47. The standard InChI is InChI=1S/C20H24N2O/c1-3-22(18-7-5-4-6-8-18)19(23)21-15-20(13-14-20)17-11-9-16(2)10-12-17/h4-12H,3,13-15H2,1-2H3,(H,21,23). The van der Waals surface area contributed by atoms with Crippen molar-refractivity contribution in [2.24, 2.45) is 0 Å². The molecule has 0 radical (unpaired) electrons. The zero-order valence-electron chi connectivity index (χ0n) is 13.9. The number of anilines is 1. The largest absolute Gasteiger partial charge is 0.337 e. The number of aryl methyl sites for hydroxylation is 1. The second-order valence-corrected chi connectivity index (χ2v) is 6.38. The fourth-order valence-electron chi connectivity index (χ4n) is 3.02. The van der Waals surface area contributed by atoms with Crippen molar-refractivity contribution in [1.29, 1.82) is 0 Å². The Kier molecular flexibility index (Phi) is 4.37. The molecule has 0 unspecified atom stereocenters. The van der Waals surface area contributed by atoms with Crippen LogP contribution in [0.15, 0.2) is 54.6 Å². The molecule has 3 nitrogen and oxygen atoms in total. The summed E-state index contributed by atoms with van der Waals surface area (Å²) in [7, 11) is 0. The Bertz CT molecular complexity index is 660. The highest BCUT2D eigenvalue weighted by molar-refractivity contribution is 5.91. The van der Waals surface area contributed by atoms with Gasteiger partial charge in [0.25, 0.3) is 0 Å². The van der Waals surface area contributed by atoms with Crippen molar-refractivity contribution in [2.45, 2.75) is 32.1 Å². The van der Waals surface area contributed by atoms with Gasteiger partial charge in [0.2, 0.25) is 0 Å². The molecular weight excluding hydrogens is 284 g/mol. The summed E-state index contributed by atoms with van der Waals surface area (Å²) in [6, 6.07) is 18.5. The number of amides is 2. The second-order valence-electron chi connectivity index (χ2n) is 6.38. The molecule has 120 valence electrons. The number of nitrogens with zero attached hydrogens (tertiary/aromatic N) is 1. The lowest BCUT2D eigenvalue weighted by Crippen LogP contribution is -2.43. The minimum Gasteiger partial charge on any atom is -0.337 e. The molecule has 0 spiro atoms. The Hall–Kier alpha value is -2.29. The van der Waals surface area contributed by atoms with E-state index in [4.69, 9.17) is 0 Å². The van der Waals surface area contributed by atoms with Crippen LogP contribution in [0.1, 0.15) is 30.9 Å². The lowest BCUT2D eigenvalue weighted by molar-refractivity contribution is 0.245. The van der Waals surface area contributed by atoms with Crippen LogP contribution in [0.3, 0.4) is 0 Å². The topological polar surface area (TPSA) is 32.3 Å². The van der Waals surface area contributed by atoms with Crippen LogP contribution in [0.25, 0.3) is 0 Å². The van der Waals surface area contributed by atoms with Crippen LogP contribution in [-0.4, -0.2) is 19.1 Å². The summed E-state index contributed by atoms with van der Waals surface area (Å²) in [5, 5.41) is 3.14. The first-order valence-corrected chi connectivity index (χ1v) is 8.32. The van der Waals surface area contributed by atoms with E-state index in [1.807, 2.05) is 37.3 Å². The molecule has 0 saturated heterocycles. The highest BCUT2D eigenvalue weighted by Crippen LogP contribution is 2.47. The predicted molar refractivity (Wildman–Crippen MR) is 95.0 cm³/mol. The molecule has 0 heterocycles. The molecule has 0 bridgehead atoms. The number of carbonyl (C=O) groups is 1. The maximum atomic E-state index is 12.5. The lowest BCUT2D eigenvalue weighted by atomic mass is 9.95. The third-order valence-electron chi connectivity index (χ3n) is 4.72. The van der Waals surface area contributed by atoms with E-state index in [2.05, 4.69) is 36.5 Å². The maximum absolute atomic E-state index is 12.5. The zero-order chi connectivity index (χ0) is 16.3. The maximum Gasteiger partial charge on any atom is 0.321 e. The molecule has 2 amide bonds. The van der Waals surface area contributed by atoms with Crippen molar-refractivity contribution in [3.8, 4) is 0 Å². The van der Waals surface area contributed by atoms with Crippen molar-refractivity contribution < 1.29 is 4.79 Å². The Morgan fingerprint density at radius 3 is 2.30 bits per heavy atom. The molecule has 0 aromatic heterocycles. The fraction of sp³-hybridized carbons (Fsp3) is 0.350. The first-order chi connectivity index (χ1) is 11.1. The number of urea groups is 1. The summed E-state index contributed by atoms with van der Waals surface area (Å²) in [5.74, 6) is 0. The molecule has 3 rings (SSSR count). The number of hydrogen-bond donors (Lipinski definition) is 1. The minimum absolute atomic E-state index is 0.0166. The van der Waals surface area contributed by atoms with Gasteiger partial charge in [-0.1, -0.05) is 48.0 Å². The van der Waals surface area contributed by atoms with Crippen molar-refractivity contribution in [2.75, 3.05) is 18.0 Å². The van der Waals surface area contributed by atoms with Crippen LogP contribution in [0.5, 0.6) is 0 Å². The van der Waals surface area contributed by atoms with Crippen LogP contribution in [0.4, 0.5) is 10.5 Å². The number of benzene rings is 2. The number of carbonyl (C=O) groups excluding carboxylic acids is 1. The number of rotatable bonds is 5. The molecule has 1 aliphatic rings. The number of nitrogens with one attached hydrogen (secondary N) is 1. The average Bonchev–Trinajstić information content (AvgIpc) is 3.36. The molecule has 2 aromatic rings. The molecule has 0 aliphatic heterocycles. The van der Waals surface area contributed by atoms with Gasteiger partial charge >= 0.3 is 6.03 Å². The van der Waals surface area contributed by atoms with Gasteiger partial charge < -0.3 is 5.32 Å². The molecule has 0 atom stereocenters. The van der Waals surface area contributed by atoms with E-state index in [-0.39, 0.29) is 11.4 Å². The molecule has 1 aliphatic carbocycles. The monoisotopic (exact) mass is 308 g/mol. The minimum atomic E-state index is -0.0166. The first-order valence-electron chi connectivity index (χ1n) is 8.32. The Labute approximate surface area is 138 Å². The van der Waals surface area contributed by atoms with Crippen LogP contribution in [0, 0.1) is 6.92 Å². The molecule has 1 N–H and O–H groups in total. The highest BCUT2D eigenvalue weighted by Gasteiger charge is 2.44. The molecular formula is C20H24N2O. The zero-order valence-corrected chi connectivity index (χ0v) is 13.9. The molecule has 1 fully saturated rings. The quantitative estimate of drug-likeness (QED) is 0.879. The summed E-state index contributed by atoms with van der Waals surface area (Å²) in [5.41, 5.74) is 3.69. The average molecular weight is 308 g/mol. The van der Waals surface area contributed by atoms with Gasteiger partial charge in [0.05, 0.1) is 0 Å². The smallest absolute Gasteiger partial charge is 0.321 e. The number of hydrogen-bond acceptors (Lipinski definition) is 1. The summed E-state index contributed by atoms with van der Waals surface area (Å²) in [6.07, 6.45) is 2.29. The second kappa shape index (κ2) is 6.45. The molecule has 2 aromatic carbocycles. The first kappa shape index (κ1) is 15.6. The molecule has 3 heteroatoms. The SMILES string of the molecule is CCN(C(=O)NCC1(c2ccc(C)cc2)CC1)c1ccccc1. The fourth-order valence-corrected chi connectivity index (χ4v) is 3.02. The van der Waals surface area contributed by atoms with Crippen molar-refractivity contribution >= 4 is 11.7 Å². The summed E-state index contributed by atoms with van der Waals surface area (Å²) in [4.78, 5) is 14.3. The van der Waals surface area contributed by atoms with Gasteiger partial charge in [-0.25, -0.2) is 4.79 Å². The highest BCUT2D eigenvalue weighted by atomic mass is 16.2. The van der Waals surface area contributed by atoms with Crippen LogP contribution in [0.2, 0.25) is 0 Å². The Morgan fingerprint density at radius 1 is 1.09 bits per heavy atom.